The molecule has 0 spiro atoms. The summed E-state index contributed by atoms with van der Waals surface area (Å²) in [4.78, 5) is 8.79. The van der Waals surface area contributed by atoms with Gasteiger partial charge in [0, 0.05) is 23.5 Å². The Morgan fingerprint density at radius 2 is 2.11 bits per heavy atom. The van der Waals surface area contributed by atoms with Crippen LogP contribution in [0.25, 0.3) is 0 Å². The molecule has 2 heterocycles. The number of nitrogens with one attached hydrogen (secondary N) is 1. The molecular weight excluding hydrogens is 256 g/mol. The van der Waals surface area contributed by atoms with Gasteiger partial charge in [0.1, 0.15) is 5.82 Å². The van der Waals surface area contributed by atoms with Crippen LogP contribution in [0.15, 0.2) is 48.1 Å². The highest BCUT2D eigenvalue weighted by Crippen LogP contribution is 2.21. The first-order chi connectivity index (χ1) is 9.31. The van der Waals surface area contributed by atoms with E-state index in [0.717, 1.165) is 28.9 Å². The number of benzene rings is 1. The van der Waals surface area contributed by atoms with Gasteiger partial charge in [0.2, 0.25) is 0 Å². The Morgan fingerprint density at radius 1 is 1.26 bits per heavy atom. The van der Waals surface area contributed by atoms with Crippen molar-refractivity contribution in [1.82, 2.24) is 14.5 Å². The van der Waals surface area contributed by atoms with E-state index >= 15 is 0 Å². The van der Waals surface area contributed by atoms with Crippen LogP contribution >= 0.6 is 11.3 Å². The molecule has 3 rings (SSSR count). The van der Waals surface area contributed by atoms with Gasteiger partial charge in [-0.05, 0) is 19.1 Å². The predicted molar refractivity (Wildman–Crippen MR) is 77.9 cm³/mol. The van der Waals surface area contributed by atoms with Gasteiger partial charge in [-0.15, -0.1) is 11.3 Å². The number of aryl methyl sites for hydroxylation is 1. The van der Waals surface area contributed by atoms with Crippen molar-refractivity contribution in [3.05, 3.63) is 59.6 Å². The van der Waals surface area contributed by atoms with E-state index in [1.165, 1.54) is 0 Å². The predicted octanol–water partition coefficient (Wildman–Crippen LogP) is 3.44. The molecule has 0 radical (unpaired) electrons. The standard InChI is InChI=1S/C14H14N4S/c1-11-15-7-8-18(11)9-13-10-19-14(17-13)16-12-5-3-2-4-6-12/h2-8,10H,9H2,1H3,(H,16,17). The van der Waals surface area contributed by atoms with Crippen molar-refractivity contribution >= 4 is 22.2 Å². The number of nitrogens with zero attached hydrogens (tertiary/aromatic N) is 3. The van der Waals surface area contributed by atoms with E-state index in [9.17, 15) is 0 Å². The van der Waals surface area contributed by atoms with Crippen molar-refractivity contribution in [2.75, 3.05) is 5.32 Å². The van der Waals surface area contributed by atoms with Gasteiger partial charge >= 0.3 is 0 Å². The van der Waals surface area contributed by atoms with Crippen LogP contribution < -0.4 is 5.32 Å². The first-order valence-corrected chi connectivity index (χ1v) is 6.93. The first-order valence-electron chi connectivity index (χ1n) is 6.05. The lowest BCUT2D eigenvalue weighted by Gasteiger charge is -2.02. The van der Waals surface area contributed by atoms with E-state index in [0.29, 0.717) is 0 Å². The van der Waals surface area contributed by atoms with Crippen LogP contribution in [-0.2, 0) is 6.54 Å². The van der Waals surface area contributed by atoms with E-state index in [-0.39, 0.29) is 0 Å². The number of anilines is 2. The molecule has 0 aliphatic rings. The van der Waals surface area contributed by atoms with Gasteiger partial charge < -0.3 is 9.88 Å². The van der Waals surface area contributed by atoms with Gasteiger partial charge in [-0.1, -0.05) is 18.2 Å². The van der Waals surface area contributed by atoms with Gasteiger partial charge in [0.05, 0.1) is 12.2 Å². The maximum Gasteiger partial charge on any atom is 0.187 e. The van der Waals surface area contributed by atoms with Crippen molar-refractivity contribution in [2.45, 2.75) is 13.5 Å². The van der Waals surface area contributed by atoms with Gasteiger partial charge in [0.15, 0.2) is 5.13 Å². The van der Waals surface area contributed by atoms with E-state index in [1.54, 1.807) is 11.3 Å². The van der Waals surface area contributed by atoms with Crippen molar-refractivity contribution in [2.24, 2.45) is 0 Å². The molecule has 96 valence electrons. The molecular formula is C14H14N4S. The topological polar surface area (TPSA) is 42.7 Å². The summed E-state index contributed by atoms with van der Waals surface area (Å²) in [7, 11) is 0. The molecule has 0 saturated carbocycles. The summed E-state index contributed by atoms with van der Waals surface area (Å²) in [5.74, 6) is 1.01. The summed E-state index contributed by atoms with van der Waals surface area (Å²) in [5.41, 5.74) is 2.10. The van der Waals surface area contributed by atoms with Crippen molar-refractivity contribution in [3.8, 4) is 0 Å². The zero-order valence-electron chi connectivity index (χ0n) is 10.6. The second-order valence-electron chi connectivity index (χ2n) is 4.24. The summed E-state index contributed by atoms with van der Waals surface area (Å²) in [6.07, 6.45) is 3.78. The molecule has 0 bridgehead atoms. The monoisotopic (exact) mass is 270 g/mol. The lowest BCUT2D eigenvalue weighted by molar-refractivity contribution is 0.747. The Kier molecular flexibility index (Phi) is 3.29. The highest BCUT2D eigenvalue weighted by atomic mass is 32.1. The van der Waals surface area contributed by atoms with E-state index in [2.05, 4.69) is 25.2 Å². The maximum atomic E-state index is 4.58. The Labute approximate surface area is 115 Å². The third-order valence-corrected chi connectivity index (χ3v) is 3.64. The number of rotatable bonds is 4. The average Bonchev–Trinajstić information content (AvgIpc) is 3.02. The number of thiazole rings is 1. The largest absolute Gasteiger partial charge is 0.332 e. The number of imidazole rings is 1. The molecule has 0 fully saturated rings. The first kappa shape index (κ1) is 11.9. The normalized spacial score (nSPS) is 10.6. The number of hydrogen-bond donors (Lipinski definition) is 1. The smallest absolute Gasteiger partial charge is 0.187 e. The summed E-state index contributed by atoms with van der Waals surface area (Å²) < 4.78 is 2.08. The Balaban J connectivity index is 1.72. The third kappa shape index (κ3) is 2.82. The molecule has 19 heavy (non-hydrogen) atoms. The fourth-order valence-electron chi connectivity index (χ4n) is 1.83. The molecule has 1 aromatic carbocycles. The Morgan fingerprint density at radius 3 is 2.84 bits per heavy atom. The molecule has 0 amide bonds. The third-order valence-electron chi connectivity index (χ3n) is 2.83. The second-order valence-corrected chi connectivity index (χ2v) is 5.10. The summed E-state index contributed by atoms with van der Waals surface area (Å²) in [6.45, 7) is 2.76. The average molecular weight is 270 g/mol. The molecule has 3 aromatic rings. The van der Waals surface area contributed by atoms with E-state index < -0.39 is 0 Å². The highest BCUT2D eigenvalue weighted by molar-refractivity contribution is 7.13. The fraction of sp³-hybridized carbons (Fsp3) is 0.143. The zero-order valence-corrected chi connectivity index (χ0v) is 11.4. The van der Waals surface area contributed by atoms with Gasteiger partial charge in [0.25, 0.3) is 0 Å². The van der Waals surface area contributed by atoms with Crippen LogP contribution in [0.2, 0.25) is 0 Å². The molecule has 0 unspecified atom stereocenters. The van der Waals surface area contributed by atoms with Crippen LogP contribution in [0.4, 0.5) is 10.8 Å². The SMILES string of the molecule is Cc1nccn1Cc1csc(Nc2ccccc2)n1. The molecule has 0 aliphatic carbocycles. The zero-order chi connectivity index (χ0) is 13.1. The van der Waals surface area contributed by atoms with Crippen LogP contribution in [-0.4, -0.2) is 14.5 Å². The van der Waals surface area contributed by atoms with E-state index in [1.807, 2.05) is 49.6 Å². The number of hydrogen-bond acceptors (Lipinski definition) is 4. The Hall–Kier alpha value is -2.14. The van der Waals surface area contributed by atoms with Crippen molar-refractivity contribution in [1.29, 1.82) is 0 Å². The highest BCUT2D eigenvalue weighted by Gasteiger charge is 2.04. The minimum Gasteiger partial charge on any atom is -0.332 e. The van der Waals surface area contributed by atoms with Crippen molar-refractivity contribution < 1.29 is 0 Å². The summed E-state index contributed by atoms with van der Waals surface area (Å²) in [5, 5.41) is 6.29. The van der Waals surface area contributed by atoms with E-state index in [4.69, 9.17) is 0 Å². The molecule has 2 aromatic heterocycles. The minimum atomic E-state index is 0.763. The fourth-order valence-corrected chi connectivity index (χ4v) is 2.55. The number of para-hydroxylation sites is 1. The molecule has 0 saturated heterocycles. The summed E-state index contributed by atoms with van der Waals surface area (Å²) in [6, 6.07) is 10.1. The molecule has 0 aliphatic heterocycles. The Bertz CT molecular complexity index is 657. The second kappa shape index (κ2) is 5.24. The lowest BCUT2D eigenvalue weighted by Crippen LogP contribution is -2.01. The maximum absolute atomic E-state index is 4.58. The van der Waals surface area contributed by atoms with Gasteiger partial charge in [-0.2, -0.15) is 0 Å². The van der Waals surface area contributed by atoms with Gasteiger partial charge in [-0.25, -0.2) is 9.97 Å². The molecule has 5 heteroatoms. The molecule has 0 atom stereocenters. The quantitative estimate of drug-likeness (QED) is 0.789. The molecule has 4 nitrogen and oxygen atoms in total. The minimum absolute atomic E-state index is 0.763. The van der Waals surface area contributed by atoms with Crippen LogP contribution in [0.5, 0.6) is 0 Å². The van der Waals surface area contributed by atoms with Crippen molar-refractivity contribution in [3.63, 3.8) is 0 Å². The van der Waals surface area contributed by atoms with Gasteiger partial charge in [-0.3, -0.25) is 0 Å². The lowest BCUT2D eigenvalue weighted by atomic mass is 10.3. The summed E-state index contributed by atoms with van der Waals surface area (Å²) >= 11 is 1.62. The van der Waals surface area contributed by atoms with Crippen LogP contribution in [0, 0.1) is 6.92 Å². The number of aromatic nitrogens is 3. The van der Waals surface area contributed by atoms with Crippen LogP contribution in [0.1, 0.15) is 11.5 Å². The van der Waals surface area contributed by atoms with Crippen LogP contribution in [0.3, 0.4) is 0 Å². The molecule has 1 N–H and O–H groups in total.